The summed E-state index contributed by atoms with van der Waals surface area (Å²) >= 11 is 0. The number of ether oxygens (including phenoxy) is 1. The van der Waals surface area contributed by atoms with Gasteiger partial charge in [-0.3, -0.25) is 4.79 Å². The van der Waals surface area contributed by atoms with Gasteiger partial charge in [-0.2, -0.15) is 14.7 Å². The summed E-state index contributed by atoms with van der Waals surface area (Å²) in [7, 11) is -3.54. The molecule has 1 aromatic carbocycles. The van der Waals surface area contributed by atoms with Gasteiger partial charge in [-0.15, -0.1) is 0 Å². The standard InChI is InChI=1S/C20H23N5O4S/c1-16-15-19(25(23-16)10-2-9-21)22-20(26)8-5-17-3-6-18(7-4-17)30(27,28)24-11-13-29-14-12-24/h3-8,15H,2,10-14H2,1H3,(H,22,26)/b8-5+. The molecule has 0 radical (unpaired) electrons. The third-order valence-corrected chi connectivity index (χ3v) is 6.42. The first-order valence-electron chi connectivity index (χ1n) is 9.48. The van der Waals surface area contributed by atoms with E-state index in [0.29, 0.717) is 50.7 Å². The second kappa shape index (κ2) is 9.67. The number of hydrogen-bond acceptors (Lipinski definition) is 6. The fourth-order valence-electron chi connectivity index (χ4n) is 3.00. The van der Waals surface area contributed by atoms with Gasteiger partial charge in [0, 0.05) is 25.2 Å². The number of carbonyl (C=O) groups is 1. The molecule has 1 saturated heterocycles. The maximum absolute atomic E-state index is 12.6. The van der Waals surface area contributed by atoms with E-state index >= 15 is 0 Å². The Labute approximate surface area is 175 Å². The molecule has 0 aliphatic carbocycles. The van der Waals surface area contributed by atoms with Crippen molar-refractivity contribution in [3.05, 3.63) is 47.7 Å². The number of nitrogens with zero attached hydrogens (tertiary/aromatic N) is 4. The van der Waals surface area contributed by atoms with Crippen LogP contribution >= 0.6 is 0 Å². The zero-order valence-electron chi connectivity index (χ0n) is 16.6. The summed E-state index contributed by atoms with van der Waals surface area (Å²) in [5.41, 5.74) is 1.43. The number of sulfonamides is 1. The molecule has 2 heterocycles. The smallest absolute Gasteiger partial charge is 0.249 e. The van der Waals surface area contributed by atoms with E-state index in [9.17, 15) is 13.2 Å². The molecule has 1 fully saturated rings. The van der Waals surface area contributed by atoms with Crippen LogP contribution in [0.2, 0.25) is 0 Å². The van der Waals surface area contributed by atoms with E-state index in [1.807, 2.05) is 6.07 Å². The van der Waals surface area contributed by atoms with Crippen LogP contribution in [0.4, 0.5) is 5.82 Å². The van der Waals surface area contributed by atoms with Crippen LogP contribution in [0.15, 0.2) is 41.3 Å². The summed E-state index contributed by atoms with van der Waals surface area (Å²) in [6, 6.07) is 10.1. The molecule has 1 aliphatic heterocycles. The Balaban J connectivity index is 1.64. The van der Waals surface area contributed by atoms with Crippen LogP contribution in [0.3, 0.4) is 0 Å². The van der Waals surface area contributed by atoms with Crippen molar-refractivity contribution in [3.63, 3.8) is 0 Å². The lowest BCUT2D eigenvalue weighted by atomic mass is 10.2. The van der Waals surface area contributed by atoms with Gasteiger partial charge in [0.2, 0.25) is 15.9 Å². The number of morpholine rings is 1. The fraction of sp³-hybridized carbons (Fsp3) is 0.350. The lowest BCUT2D eigenvalue weighted by molar-refractivity contribution is -0.111. The first kappa shape index (κ1) is 21.7. The number of benzene rings is 1. The summed E-state index contributed by atoms with van der Waals surface area (Å²) in [6.07, 6.45) is 3.26. The van der Waals surface area contributed by atoms with Crippen molar-refractivity contribution in [1.82, 2.24) is 14.1 Å². The molecular formula is C20H23N5O4S. The Morgan fingerprint density at radius 3 is 2.67 bits per heavy atom. The molecular weight excluding hydrogens is 406 g/mol. The molecule has 0 spiro atoms. The highest BCUT2D eigenvalue weighted by Gasteiger charge is 2.25. The topological polar surface area (TPSA) is 117 Å². The Morgan fingerprint density at radius 2 is 2.00 bits per heavy atom. The van der Waals surface area contributed by atoms with Crippen molar-refractivity contribution < 1.29 is 17.9 Å². The molecule has 1 amide bonds. The molecule has 1 aliphatic rings. The molecule has 3 rings (SSSR count). The summed E-state index contributed by atoms with van der Waals surface area (Å²) in [6.45, 7) is 3.67. The van der Waals surface area contributed by atoms with Crippen molar-refractivity contribution in [2.45, 2.75) is 24.8 Å². The zero-order chi connectivity index (χ0) is 21.6. The molecule has 30 heavy (non-hydrogen) atoms. The normalized spacial score (nSPS) is 15.2. The number of aryl methyl sites for hydroxylation is 2. The summed E-state index contributed by atoms with van der Waals surface area (Å²) < 4.78 is 33.5. The number of anilines is 1. The predicted octanol–water partition coefficient (Wildman–Crippen LogP) is 1.78. The minimum atomic E-state index is -3.54. The number of aromatic nitrogens is 2. The van der Waals surface area contributed by atoms with Gasteiger partial charge in [-0.25, -0.2) is 13.1 Å². The lowest BCUT2D eigenvalue weighted by Gasteiger charge is -2.26. The van der Waals surface area contributed by atoms with Gasteiger partial charge in [0.1, 0.15) is 5.82 Å². The van der Waals surface area contributed by atoms with Crippen molar-refractivity contribution in [2.24, 2.45) is 0 Å². The summed E-state index contributed by atoms with van der Waals surface area (Å²) in [4.78, 5) is 12.4. The second-order valence-corrected chi connectivity index (χ2v) is 8.65. The maximum atomic E-state index is 12.6. The number of hydrogen-bond donors (Lipinski definition) is 1. The molecule has 10 heteroatoms. The monoisotopic (exact) mass is 429 g/mol. The fourth-order valence-corrected chi connectivity index (χ4v) is 4.41. The third kappa shape index (κ3) is 5.33. The lowest BCUT2D eigenvalue weighted by Crippen LogP contribution is -2.40. The van der Waals surface area contributed by atoms with Crippen LogP contribution in [0.25, 0.3) is 6.08 Å². The van der Waals surface area contributed by atoms with Crippen LogP contribution in [0, 0.1) is 18.3 Å². The predicted molar refractivity (Wildman–Crippen MR) is 111 cm³/mol. The quantitative estimate of drug-likeness (QED) is 0.671. The number of rotatable bonds is 7. The minimum absolute atomic E-state index is 0.211. The molecule has 158 valence electrons. The number of nitriles is 1. The molecule has 0 bridgehead atoms. The Bertz CT molecular complexity index is 1060. The van der Waals surface area contributed by atoms with E-state index in [-0.39, 0.29) is 10.8 Å². The molecule has 0 unspecified atom stereocenters. The van der Waals surface area contributed by atoms with Crippen LogP contribution in [0.5, 0.6) is 0 Å². The first-order chi connectivity index (χ1) is 14.4. The largest absolute Gasteiger partial charge is 0.379 e. The minimum Gasteiger partial charge on any atom is -0.379 e. The van der Waals surface area contributed by atoms with Crippen LogP contribution in [0.1, 0.15) is 17.7 Å². The molecule has 9 nitrogen and oxygen atoms in total. The van der Waals surface area contributed by atoms with Gasteiger partial charge in [0.15, 0.2) is 0 Å². The van der Waals surface area contributed by atoms with Crippen LogP contribution in [-0.4, -0.2) is 54.7 Å². The van der Waals surface area contributed by atoms with Gasteiger partial charge >= 0.3 is 0 Å². The van der Waals surface area contributed by atoms with E-state index in [4.69, 9.17) is 10.00 Å². The Morgan fingerprint density at radius 1 is 1.30 bits per heavy atom. The maximum Gasteiger partial charge on any atom is 0.249 e. The molecule has 2 aromatic rings. The third-order valence-electron chi connectivity index (χ3n) is 4.50. The molecule has 0 saturated carbocycles. The van der Waals surface area contributed by atoms with Gasteiger partial charge in [0.05, 0.1) is 42.8 Å². The second-order valence-electron chi connectivity index (χ2n) is 6.71. The van der Waals surface area contributed by atoms with Crippen molar-refractivity contribution in [1.29, 1.82) is 5.26 Å². The number of carbonyl (C=O) groups excluding carboxylic acids is 1. The highest BCUT2D eigenvalue weighted by atomic mass is 32.2. The van der Waals surface area contributed by atoms with Crippen molar-refractivity contribution in [2.75, 3.05) is 31.6 Å². The van der Waals surface area contributed by atoms with Gasteiger partial charge in [0.25, 0.3) is 0 Å². The average molecular weight is 430 g/mol. The highest BCUT2D eigenvalue weighted by molar-refractivity contribution is 7.89. The summed E-state index contributed by atoms with van der Waals surface area (Å²) in [5, 5.41) is 15.7. The SMILES string of the molecule is Cc1cc(NC(=O)/C=C/c2ccc(S(=O)(=O)N3CCOCC3)cc2)n(CCC#N)n1. The Kier molecular flexibility index (Phi) is 6.99. The van der Waals surface area contributed by atoms with E-state index in [1.54, 1.807) is 35.9 Å². The van der Waals surface area contributed by atoms with E-state index < -0.39 is 10.0 Å². The van der Waals surface area contributed by atoms with E-state index in [1.165, 1.54) is 22.5 Å². The van der Waals surface area contributed by atoms with Crippen molar-refractivity contribution in [3.8, 4) is 6.07 Å². The molecule has 1 N–H and O–H groups in total. The van der Waals surface area contributed by atoms with Crippen molar-refractivity contribution >= 4 is 27.8 Å². The van der Waals surface area contributed by atoms with Crippen LogP contribution in [-0.2, 0) is 26.1 Å². The van der Waals surface area contributed by atoms with E-state index in [2.05, 4.69) is 10.4 Å². The highest BCUT2D eigenvalue weighted by Crippen LogP contribution is 2.18. The number of nitrogens with one attached hydrogen (secondary N) is 1. The Hall–Kier alpha value is -3.00. The first-order valence-corrected chi connectivity index (χ1v) is 10.9. The zero-order valence-corrected chi connectivity index (χ0v) is 17.4. The average Bonchev–Trinajstić information content (AvgIpc) is 3.10. The van der Waals surface area contributed by atoms with Gasteiger partial charge in [-0.1, -0.05) is 12.1 Å². The van der Waals surface area contributed by atoms with Gasteiger partial charge < -0.3 is 10.1 Å². The van der Waals surface area contributed by atoms with Gasteiger partial charge in [-0.05, 0) is 30.7 Å². The number of amides is 1. The summed E-state index contributed by atoms with van der Waals surface area (Å²) in [5.74, 6) is 0.169. The van der Waals surface area contributed by atoms with E-state index in [0.717, 1.165) is 5.69 Å². The molecule has 0 atom stereocenters. The van der Waals surface area contributed by atoms with Crippen LogP contribution < -0.4 is 5.32 Å². The molecule has 1 aromatic heterocycles.